The minimum atomic E-state index is -3.88. The van der Waals surface area contributed by atoms with Gasteiger partial charge in [0.2, 0.25) is 0 Å². The molecular weight excluding hydrogens is 541 g/mol. The number of nitrogens with one attached hydrogen (secondary N) is 3. The van der Waals surface area contributed by atoms with Gasteiger partial charge in [-0.3, -0.25) is 9.44 Å². The molecule has 0 radical (unpaired) electrons. The highest BCUT2D eigenvalue weighted by atomic mass is 32.2. The van der Waals surface area contributed by atoms with E-state index in [9.17, 15) is 16.8 Å². The van der Waals surface area contributed by atoms with Gasteiger partial charge in [0.15, 0.2) is 4.21 Å². The van der Waals surface area contributed by atoms with E-state index in [2.05, 4.69) is 26.7 Å². The molecule has 1 aromatic heterocycles. The number of thiazole rings is 1. The van der Waals surface area contributed by atoms with Crippen LogP contribution in [0.4, 0.5) is 11.4 Å². The molecule has 1 aliphatic rings. The van der Waals surface area contributed by atoms with Gasteiger partial charge in [-0.05, 0) is 69.0 Å². The molecule has 1 aliphatic carbocycles. The zero-order valence-corrected chi connectivity index (χ0v) is 24.5. The van der Waals surface area contributed by atoms with Crippen molar-refractivity contribution in [3.63, 3.8) is 0 Å². The average Bonchev–Trinajstić information content (AvgIpc) is 3.23. The SMILES string of the molecule is Cc1nc(C)c(S(=O)(=O)Nc2ccc(S(=O)(=O)Nc3ccccc3CN[C@@H](C)CC3CCCCC3)cc2)s1. The first-order chi connectivity index (χ1) is 18.0. The normalized spacial score (nSPS) is 15.8. The number of aromatic nitrogens is 1. The predicted molar refractivity (Wildman–Crippen MR) is 154 cm³/mol. The minimum Gasteiger partial charge on any atom is -0.310 e. The molecule has 0 amide bonds. The summed E-state index contributed by atoms with van der Waals surface area (Å²) < 4.78 is 57.1. The Morgan fingerprint density at radius 3 is 2.26 bits per heavy atom. The molecule has 1 fully saturated rings. The molecule has 2 aromatic carbocycles. The molecule has 1 heterocycles. The standard InChI is InChI=1S/C27H36N4O4S3/c1-19(17-22-9-5-4-6-10-22)28-18-23-11-7-8-12-26(23)31-37(32,33)25-15-13-24(14-16-25)30-38(34,35)27-20(2)29-21(3)36-27/h7-8,11-16,19,22,28,30-31H,4-6,9-10,17-18H2,1-3H3/t19-/m0/s1. The van der Waals surface area contributed by atoms with Crippen LogP contribution in [0.5, 0.6) is 0 Å². The number of para-hydroxylation sites is 1. The lowest BCUT2D eigenvalue weighted by molar-refractivity contribution is 0.305. The fraction of sp³-hybridized carbons (Fsp3) is 0.444. The summed E-state index contributed by atoms with van der Waals surface area (Å²) in [6.07, 6.45) is 7.71. The summed E-state index contributed by atoms with van der Waals surface area (Å²) >= 11 is 1.09. The zero-order chi connectivity index (χ0) is 27.3. The zero-order valence-electron chi connectivity index (χ0n) is 22.0. The van der Waals surface area contributed by atoms with Crippen molar-refractivity contribution in [1.29, 1.82) is 0 Å². The van der Waals surface area contributed by atoms with Crippen LogP contribution >= 0.6 is 11.3 Å². The largest absolute Gasteiger partial charge is 0.310 e. The highest BCUT2D eigenvalue weighted by Crippen LogP contribution is 2.28. The van der Waals surface area contributed by atoms with Gasteiger partial charge in [0.1, 0.15) is 0 Å². The molecule has 4 rings (SSSR count). The third-order valence-electron chi connectivity index (χ3n) is 6.84. The van der Waals surface area contributed by atoms with Crippen LogP contribution in [0.15, 0.2) is 57.6 Å². The van der Waals surface area contributed by atoms with Gasteiger partial charge in [-0.15, -0.1) is 11.3 Å². The van der Waals surface area contributed by atoms with Crippen LogP contribution in [0.1, 0.15) is 61.7 Å². The Morgan fingerprint density at radius 1 is 0.921 bits per heavy atom. The molecule has 3 N–H and O–H groups in total. The second-order valence-corrected chi connectivity index (χ2v) is 14.8. The molecule has 3 aromatic rings. The molecule has 0 bridgehead atoms. The average molecular weight is 577 g/mol. The maximum absolute atomic E-state index is 13.1. The van der Waals surface area contributed by atoms with Gasteiger partial charge in [-0.25, -0.2) is 21.8 Å². The monoisotopic (exact) mass is 576 g/mol. The topological polar surface area (TPSA) is 117 Å². The van der Waals surface area contributed by atoms with E-state index in [4.69, 9.17) is 0 Å². The van der Waals surface area contributed by atoms with Crippen molar-refractivity contribution >= 4 is 42.8 Å². The summed E-state index contributed by atoms with van der Waals surface area (Å²) in [6.45, 7) is 6.14. The van der Waals surface area contributed by atoms with E-state index in [-0.39, 0.29) is 14.8 Å². The lowest BCUT2D eigenvalue weighted by atomic mass is 9.85. The summed E-state index contributed by atoms with van der Waals surface area (Å²) in [5, 5.41) is 4.21. The molecule has 206 valence electrons. The molecular formula is C27H36N4O4S3. The lowest BCUT2D eigenvalue weighted by Gasteiger charge is -2.25. The lowest BCUT2D eigenvalue weighted by Crippen LogP contribution is -2.29. The molecule has 1 saturated carbocycles. The highest BCUT2D eigenvalue weighted by Gasteiger charge is 2.22. The quantitative estimate of drug-likeness (QED) is 0.265. The molecule has 38 heavy (non-hydrogen) atoms. The van der Waals surface area contributed by atoms with Crippen molar-refractivity contribution in [3.8, 4) is 0 Å². The predicted octanol–water partition coefficient (Wildman–Crippen LogP) is 5.81. The molecule has 0 saturated heterocycles. The Labute approximate surface area is 230 Å². The van der Waals surface area contributed by atoms with Crippen LogP contribution in [-0.4, -0.2) is 27.9 Å². The number of nitrogens with zero attached hydrogens (tertiary/aromatic N) is 1. The summed E-state index contributed by atoms with van der Waals surface area (Å²) in [4.78, 5) is 4.21. The second kappa shape index (κ2) is 12.1. The minimum absolute atomic E-state index is 0.0405. The molecule has 11 heteroatoms. The Kier molecular flexibility index (Phi) is 9.12. The van der Waals surface area contributed by atoms with E-state index < -0.39 is 20.0 Å². The maximum atomic E-state index is 13.1. The van der Waals surface area contributed by atoms with Crippen molar-refractivity contribution in [2.45, 2.75) is 81.0 Å². The maximum Gasteiger partial charge on any atom is 0.273 e. The number of anilines is 2. The Hall–Kier alpha value is -2.47. The highest BCUT2D eigenvalue weighted by molar-refractivity contribution is 7.94. The smallest absolute Gasteiger partial charge is 0.273 e. The Balaban J connectivity index is 1.40. The summed E-state index contributed by atoms with van der Waals surface area (Å²) in [5.41, 5.74) is 2.09. The van der Waals surface area contributed by atoms with Gasteiger partial charge in [-0.2, -0.15) is 0 Å². The van der Waals surface area contributed by atoms with Gasteiger partial charge in [0, 0.05) is 18.3 Å². The first kappa shape index (κ1) is 28.5. The summed E-state index contributed by atoms with van der Waals surface area (Å²) in [6, 6.07) is 13.4. The van der Waals surface area contributed by atoms with Crippen LogP contribution in [-0.2, 0) is 26.6 Å². The van der Waals surface area contributed by atoms with E-state index in [0.29, 0.717) is 29.0 Å². The van der Waals surface area contributed by atoms with Crippen molar-refractivity contribution in [2.24, 2.45) is 5.92 Å². The van der Waals surface area contributed by atoms with E-state index in [1.54, 1.807) is 26.0 Å². The van der Waals surface area contributed by atoms with Gasteiger partial charge in [0.05, 0.1) is 21.3 Å². The van der Waals surface area contributed by atoms with E-state index in [0.717, 1.165) is 29.2 Å². The number of hydrogen-bond acceptors (Lipinski definition) is 7. The molecule has 1 atom stereocenters. The van der Waals surface area contributed by atoms with Gasteiger partial charge < -0.3 is 5.32 Å². The van der Waals surface area contributed by atoms with Crippen molar-refractivity contribution in [1.82, 2.24) is 10.3 Å². The number of aryl methyl sites for hydroxylation is 2. The Bertz CT molecular complexity index is 1450. The van der Waals surface area contributed by atoms with Crippen LogP contribution < -0.4 is 14.8 Å². The van der Waals surface area contributed by atoms with E-state index >= 15 is 0 Å². The van der Waals surface area contributed by atoms with Gasteiger partial charge in [-0.1, -0.05) is 50.3 Å². The first-order valence-electron chi connectivity index (χ1n) is 12.9. The third kappa shape index (κ3) is 7.34. The number of hydrogen-bond donors (Lipinski definition) is 3. The van der Waals surface area contributed by atoms with Crippen LogP contribution in [0.3, 0.4) is 0 Å². The molecule has 0 aliphatic heterocycles. The van der Waals surface area contributed by atoms with Gasteiger partial charge >= 0.3 is 0 Å². The molecule has 0 spiro atoms. The van der Waals surface area contributed by atoms with Crippen molar-refractivity contribution in [2.75, 3.05) is 9.44 Å². The van der Waals surface area contributed by atoms with E-state index in [1.807, 2.05) is 12.1 Å². The fourth-order valence-electron chi connectivity index (χ4n) is 4.93. The van der Waals surface area contributed by atoms with E-state index in [1.165, 1.54) is 56.4 Å². The second-order valence-electron chi connectivity index (χ2n) is 10.0. The van der Waals surface area contributed by atoms with Crippen LogP contribution in [0.25, 0.3) is 0 Å². The van der Waals surface area contributed by atoms with Crippen molar-refractivity contribution in [3.05, 3.63) is 64.8 Å². The third-order valence-corrected chi connectivity index (χ3v) is 11.3. The van der Waals surface area contributed by atoms with Crippen molar-refractivity contribution < 1.29 is 16.8 Å². The van der Waals surface area contributed by atoms with Gasteiger partial charge in [0.25, 0.3) is 20.0 Å². The first-order valence-corrected chi connectivity index (χ1v) is 16.7. The Morgan fingerprint density at radius 2 is 1.61 bits per heavy atom. The number of sulfonamides is 2. The summed E-state index contributed by atoms with van der Waals surface area (Å²) in [5.74, 6) is 0.766. The fourth-order valence-corrected chi connectivity index (χ4v) is 8.58. The van der Waals surface area contributed by atoms with Crippen LogP contribution in [0, 0.1) is 19.8 Å². The number of benzene rings is 2. The molecule has 8 nitrogen and oxygen atoms in total. The summed E-state index contributed by atoms with van der Waals surface area (Å²) in [7, 11) is -7.69. The van der Waals surface area contributed by atoms with Crippen LogP contribution in [0.2, 0.25) is 0 Å². The number of rotatable bonds is 11. The molecule has 0 unspecified atom stereocenters.